The second kappa shape index (κ2) is 6.11. The second-order valence-corrected chi connectivity index (χ2v) is 5.48. The van der Waals surface area contributed by atoms with Crippen molar-refractivity contribution in [1.29, 1.82) is 0 Å². The van der Waals surface area contributed by atoms with Gasteiger partial charge in [-0.25, -0.2) is 4.98 Å². The van der Waals surface area contributed by atoms with E-state index >= 15 is 0 Å². The number of aryl methyl sites for hydroxylation is 1. The summed E-state index contributed by atoms with van der Waals surface area (Å²) in [6, 6.07) is 4.07. The van der Waals surface area contributed by atoms with Gasteiger partial charge in [-0.15, -0.1) is 0 Å². The van der Waals surface area contributed by atoms with Crippen LogP contribution in [-0.4, -0.2) is 29.1 Å². The van der Waals surface area contributed by atoms with Crippen molar-refractivity contribution in [2.75, 3.05) is 18.1 Å². The molecule has 2 aromatic heterocycles. The molecular weight excluding hydrogens is 278 g/mol. The van der Waals surface area contributed by atoms with E-state index in [1.165, 1.54) is 5.56 Å². The zero-order chi connectivity index (χ0) is 15.5. The summed E-state index contributed by atoms with van der Waals surface area (Å²) in [5.74, 6) is 0.611. The summed E-state index contributed by atoms with van der Waals surface area (Å²) in [5, 5.41) is 0. The molecule has 4 N–H and O–H groups in total. The average Bonchev–Trinajstić information content (AvgIpc) is 2.53. The van der Waals surface area contributed by atoms with E-state index in [4.69, 9.17) is 11.5 Å². The largest absolute Gasteiger partial charge is 0.369 e. The summed E-state index contributed by atoms with van der Waals surface area (Å²) in [5.41, 5.74) is 15.0. The molecule has 0 radical (unpaired) electrons. The smallest absolute Gasteiger partial charge is 0.221 e. The number of fused-ring (bicyclic) bond motifs is 1. The van der Waals surface area contributed by atoms with E-state index in [1.807, 2.05) is 12.3 Å². The Morgan fingerprint density at radius 1 is 1.23 bits per heavy atom. The van der Waals surface area contributed by atoms with Gasteiger partial charge in [-0.05, 0) is 36.1 Å². The number of hydrogen-bond donors (Lipinski definition) is 2. The number of nitrogens with zero attached hydrogens (tertiary/aromatic N) is 3. The molecule has 0 fully saturated rings. The Labute approximate surface area is 129 Å². The van der Waals surface area contributed by atoms with Crippen molar-refractivity contribution < 1.29 is 4.79 Å². The average molecular weight is 297 g/mol. The molecule has 2 aromatic rings. The number of pyridine rings is 2. The molecule has 0 saturated carbocycles. The predicted molar refractivity (Wildman–Crippen MR) is 85.1 cm³/mol. The number of primary amides is 1. The van der Waals surface area contributed by atoms with Crippen LogP contribution in [0.2, 0.25) is 0 Å². The SMILES string of the molecule is NCN1CCCc2cc(-c3cncc(CC(N)=O)c3)cnc21. The van der Waals surface area contributed by atoms with Gasteiger partial charge < -0.3 is 16.4 Å². The zero-order valence-corrected chi connectivity index (χ0v) is 12.3. The Bertz CT molecular complexity index is 701. The van der Waals surface area contributed by atoms with E-state index in [0.717, 1.165) is 41.9 Å². The number of carbonyl (C=O) groups is 1. The standard InChI is InChI=1S/C16H19N5O/c17-10-21-3-1-2-12-6-14(9-20-16(12)21)13-4-11(5-15(18)22)7-19-8-13/h4,6-9H,1-3,5,10,17H2,(H2,18,22). The van der Waals surface area contributed by atoms with Gasteiger partial charge in [-0.1, -0.05) is 0 Å². The first kappa shape index (κ1) is 14.5. The topological polar surface area (TPSA) is 98.1 Å². The molecule has 3 rings (SSSR count). The highest BCUT2D eigenvalue weighted by atomic mass is 16.1. The molecule has 114 valence electrons. The van der Waals surface area contributed by atoms with Gasteiger partial charge in [0, 0.05) is 36.3 Å². The molecule has 0 unspecified atom stereocenters. The molecule has 1 aliphatic heterocycles. The summed E-state index contributed by atoms with van der Waals surface area (Å²) in [6.45, 7) is 1.43. The molecule has 0 aromatic carbocycles. The van der Waals surface area contributed by atoms with Gasteiger partial charge in [-0.3, -0.25) is 9.78 Å². The van der Waals surface area contributed by atoms with Crippen LogP contribution >= 0.6 is 0 Å². The molecule has 0 spiro atoms. The van der Waals surface area contributed by atoms with E-state index < -0.39 is 0 Å². The molecule has 6 nitrogen and oxygen atoms in total. The quantitative estimate of drug-likeness (QED) is 0.871. The van der Waals surface area contributed by atoms with E-state index in [-0.39, 0.29) is 12.3 Å². The number of hydrogen-bond acceptors (Lipinski definition) is 5. The third kappa shape index (κ3) is 2.92. The van der Waals surface area contributed by atoms with Crippen LogP contribution in [-0.2, 0) is 17.6 Å². The van der Waals surface area contributed by atoms with Crippen LogP contribution in [0.3, 0.4) is 0 Å². The highest BCUT2D eigenvalue weighted by molar-refractivity contribution is 5.77. The van der Waals surface area contributed by atoms with Crippen molar-refractivity contribution in [2.45, 2.75) is 19.3 Å². The third-order valence-corrected chi connectivity index (χ3v) is 3.84. The number of carbonyl (C=O) groups excluding carboxylic acids is 1. The van der Waals surface area contributed by atoms with Gasteiger partial charge in [0.1, 0.15) is 5.82 Å². The number of anilines is 1. The molecule has 0 aliphatic carbocycles. The van der Waals surface area contributed by atoms with Crippen LogP contribution in [0.15, 0.2) is 30.7 Å². The van der Waals surface area contributed by atoms with E-state index in [0.29, 0.717) is 6.67 Å². The first-order valence-electron chi connectivity index (χ1n) is 7.34. The minimum atomic E-state index is -0.360. The lowest BCUT2D eigenvalue weighted by Crippen LogP contribution is -2.35. The van der Waals surface area contributed by atoms with Gasteiger partial charge in [0.2, 0.25) is 5.91 Å². The monoisotopic (exact) mass is 297 g/mol. The van der Waals surface area contributed by atoms with Crippen LogP contribution < -0.4 is 16.4 Å². The Kier molecular flexibility index (Phi) is 4.02. The fourth-order valence-corrected chi connectivity index (χ4v) is 2.82. The molecule has 0 saturated heterocycles. The molecular formula is C16H19N5O. The Hall–Kier alpha value is -2.47. The lowest BCUT2D eigenvalue weighted by Gasteiger charge is -2.28. The van der Waals surface area contributed by atoms with Crippen molar-refractivity contribution in [3.8, 4) is 11.1 Å². The zero-order valence-electron chi connectivity index (χ0n) is 12.3. The summed E-state index contributed by atoms with van der Waals surface area (Å²) in [7, 11) is 0. The molecule has 6 heteroatoms. The number of nitrogens with two attached hydrogens (primary N) is 2. The molecule has 0 atom stereocenters. The van der Waals surface area contributed by atoms with Crippen LogP contribution in [0.1, 0.15) is 17.5 Å². The van der Waals surface area contributed by atoms with Crippen molar-refractivity contribution in [3.05, 3.63) is 41.9 Å². The third-order valence-electron chi connectivity index (χ3n) is 3.84. The summed E-state index contributed by atoms with van der Waals surface area (Å²) in [6.07, 6.45) is 7.54. The fourth-order valence-electron chi connectivity index (χ4n) is 2.82. The summed E-state index contributed by atoms with van der Waals surface area (Å²) >= 11 is 0. The van der Waals surface area contributed by atoms with Gasteiger partial charge in [0.15, 0.2) is 0 Å². The normalized spacial score (nSPS) is 13.8. The molecule has 3 heterocycles. The van der Waals surface area contributed by atoms with Crippen molar-refractivity contribution in [3.63, 3.8) is 0 Å². The highest BCUT2D eigenvalue weighted by Crippen LogP contribution is 2.28. The Morgan fingerprint density at radius 3 is 2.82 bits per heavy atom. The minimum Gasteiger partial charge on any atom is -0.369 e. The molecule has 1 aliphatic rings. The fraction of sp³-hybridized carbons (Fsp3) is 0.312. The lowest BCUT2D eigenvalue weighted by atomic mass is 10.0. The van der Waals surface area contributed by atoms with Crippen LogP contribution in [0.4, 0.5) is 5.82 Å². The van der Waals surface area contributed by atoms with Crippen molar-refractivity contribution in [1.82, 2.24) is 9.97 Å². The van der Waals surface area contributed by atoms with Gasteiger partial charge in [0.05, 0.1) is 13.1 Å². The molecule has 0 bridgehead atoms. The maximum atomic E-state index is 11.0. The molecule has 22 heavy (non-hydrogen) atoms. The van der Waals surface area contributed by atoms with Gasteiger partial charge >= 0.3 is 0 Å². The molecule has 1 amide bonds. The first-order chi connectivity index (χ1) is 10.7. The minimum absolute atomic E-state index is 0.195. The predicted octanol–water partition coefficient (Wildman–Crippen LogP) is 0.840. The van der Waals surface area contributed by atoms with E-state index in [1.54, 1.807) is 12.4 Å². The van der Waals surface area contributed by atoms with E-state index in [9.17, 15) is 4.79 Å². The highest BCUT2D eigenvalue weighted by Gasteiger charge is 2.17. The van der Waals surface area contributed by atoms with E-state index in [2.05, 4.69) is 20.9 Å². The van der Waals surface area contributed by atoms with Crippen LogP contribution in [0, 0.1) is 0 Å². The Balaban J connectivity index is 1.94. The Morgan fingerprint density at radius 2 is 2.05 bits per heavy atom. The first-order valence-corrected chi connectivity index (χ1v) is 7.34. The number of aromatic nitrogens is 2. The van der Waals surface area contributed by atoms with Gasteiger partial charge in [-0.2, -0.15) is 0 Å². The number of amides is 1. The second-order valence-electron chi connectivity index (χ2n) is 5.48. The lowest BCUT2D eigenvalue weighted by molar-refractivity contribution is -0.117. The van der Waals surface area contributed by atoms with Crippen LogP contribution in [0.5, 0.6) is 0 Å². The van der Waals surface area contributed by atoms with Crippen molar-refractivity contribution in [2.24, 2.45) is 11.5 Å². The van der Waals surface area contributed by atoms with Gasteiger partial charge in [0.25, 0.3) is 0 Å². The maximum Gasteiger partial charge on any atom is 0.221 e. The maximum absolute atomic E-state index is 11.0. The summed E-state index contributed by atoms with van der Waals surface area (Å²) < 4.78 is 0. The summed E-state index contributed by atoms with van der Waals surface area (Å²) in [4.78, 5) is 21.9. The van der Waals surface area contributed by atoms with Crippen LogP contribution in [0.25, 0.3) is 11.1 Å². The van der Waals surface area contributed by atoms with Crippen molar-refractivity contribution >= 4 is 11.7 Å². The number of rotatable bonds is 4.